The summed E-state index contributed by atoms with van der Waals surface area (Å²) in [7, 11) is 0. The summed E-state index contributed by atoms with van der Waals surface area (Å²) in [6.07, 6.45) is 3.75. The quantitative estimate of drug-likeness (QED) is 0.168. The lowest BCUT2D eigenvalue weighted by Gasteiger charge is -2.34. The molecule has 2 aliphatic heterocycles. The van der Waals surface area contributed by atoms with E-state index in [2.05, 4.69) is 198 Å². The highest BCUT2D eigenvalue weighted by molar-refractivity contribution is 6.22. The Morgan fingerprint density at radius 2 is 0.810 bits per heavy atom. The van der Waals surface area contributed by atoms with Crippen molar-refractivity contribution in [1.82, 2.24) is 4.98 Å². The molecular weight excluding hydrogens is 703 g/mol. The van der Waals surface area contributed by atoms with E-state index in [-0.39, 0.29) is 0 Å². The number of pyridine rings is 1. The van der Waals surface area contributed by atoms with Crippen LogP contribution in [-0.2, 0) is 12.8 Å². The molecular formula is C55H37N3. The molecule has 12 rings (SSSR count). The average Bonchev–Trinajstić information content (AvgIpc) is 3.29. The molecule has 0 N–H and O–H groups in total. The van der Waals surface area contributed by atoms with Crippen molar-refractivity contribution in [2.45, 2.75) is 12.8 Å². The second-order valence-electron chi connectivity index (χ2n) is 15.5. The van der Waals surface area contributed by atoms with E-state index in [9.17, 15) is 0 Å². The molecule has 10 aromatic rings. The van der Waals surface area contributed by atoms with Crippen molar-refractivity contribution in [2.24, 2.45) is 0 Å². The number of nitrogens with zero attached hydrogens (tertiary/aromatic N) is 3. The van der Waals surface area contributed by atoms with E-state index in [0.29, 0.717) is 0 Å². The molecule has 0 radical (unpaired) electrons. The van der Waals surface area contributed by atoms with Crippen LogP contribution in [0.2, 0.25) is 0 Å². The zero-order valence-electron chi connectivity index (χ0n) is 31.8. The van der Waals surface area contributed by atoms with Crippen LogP contribution in [0.5, 0.6) is 0 Å². The second-order valence-corrected chi connectivity index (χ2v) is 15.5. The van der Waals surface area contributed by atoms with Crippen molar-refractivity contribution in [1.29, 1.82) is 0 Å². The van der Waals surface area contributed by atoms with Gasteiger partial charge in [-0.2, -0.15) is 0 Å². The van der Waals surface area contributed by atoms with Crippen molar-refractivity contribution in [3.8, 4) is 22.4 Å². The summed E-state index contributed by atoms with van der Waals surface area (Å²) < 4.78 is 0. The lowest BCUT2D eigenvalue weighted by atomic mass is 9.85. The summed E-state index contributed by atoms with van der Waals surface area (Å²) in [6.45, 7) is 0. The van der Waals surface area contributed by atoms with Gasteiger partial charge in [0, 0.05) is 58.7 Å². The van der Waals surface area contributed by atoms with E-state index in [1.54, 1.807) is 0 Å². The van der Waals surface area contributed by atoms with Crippen LogP contribution in [0.3, 0.4) is 0 Å². The summed E-state index contributed by atoms with van der Waals surface area (Å²) in [5.41, 5.74) is 17.0. The zero-order chi connectivity index (χ0) is 38.2. The molecule has 3 heterocycles. The van der Waals surface area contributed by atoms with Gasteiger partial charge in [-0.25, -0.2) is 0 Å². The highest BCUT2D eigenvalue weighted by Gasteiger charge is 2.27. The van der Waals surface area contributed by atoms with Crippen LogP contribution in [0.25, 0.3) is 54.7 Å². The summed E-state index contributed by atoms with van der Waals surface area (Å²) in [4.78, 5) is 9.96. The second kappa shape index (κ2) is 13.0. The van der Waals surface area contributed by atoms with Gasteiger partial charge >= 0.3 is 0 Å². The van der Waals surface area contributed by atoms with Gasteiger partial charge in [-0.05, 0) is 132 Å². The maximum atomic E-state index is 5.05. The van der Waals surface area contributed by atoms with Crippen molar-refractivity contribution in [2.75, 3.05) is 9.80 Å². The van der Waals surface area contributed by atoms with Gasteiger partial charge in [0.25, 0.3) is 0 Å². The molecule has 0 bridgehead atoms. The molecule has 0 saturated carbocycles. The van der Waals surface area contributed by atoms with E-state index in [1.165, 1.54) is 88.4 Å². The highest BCUT2D eigenvalue weighted by Crippen LogP contribution is 2.51. The van der Waals surface area contributed by atoms with E-state index in [1.807, 2.05) is 12.3 Å². The van der Waals surface area contributed by atoms with Gasteiger partial charge in [-0.1, -0.05) is 127 Å². The van der Waals surface area contributed by atoms with Crippen LogP contribution >= 0.6 is 0 Å². The van der Waals surface area contributed by atoms with Crippen LogP contribution < -0.4 is 9.80 Å². The van der Waals surface area contributed by atoms with Gasteiger partial charge < -0.3 is 9.80 Å². The first-order valence-corrected chi connectivity index (χ1v) is 20.1. The Labute approximate surface area is 337 Å². The summed E-state index contributed by atoms with van der Waals surface area (Å²) in [5.74, 6) is 0. The lowest BCUT2D eigenvalue weighted by Crippen LogP contribution is -2.18. The van der Waals surface area contributed by atoms with Crippen LogP contribution in [0, 0.1) is 0 Å². The molecule has 0 aliphatic carbocycles. The Morgan fingerprint density at radius 1 is 0.345 bits per heavy atom. The average molecular weight is 740 g/mol. The molecule has 0 fully saturated rings. The van der Waals surface area contributed by atoms with Crippen molar-refractivity contribution in [3.63, 3.8) is 0 Å². The third-order valence-corrected chi connectivity index (χ3v) is 12.3. The third kappa shape index (κ3) is 5.10. The Hall–Kier alpha value is -7.49. The lowest BCUT2D eigenvalue weighted by molar-refractivity contribution is 1.09. The molecule has 0 atom stereocenters. The molecule has 3 heteroatoms. The monoisotopic (exact) mass is 739 g/mol. The van der Waals surface area contributed by atoms with Gasteiger partial charge in [-0.15, -0.1) is 0 Å². The largest absolute Gasteiger partial charge is 0.310 e. The number of benzene rings is 9. The fraction of sp³-hybridized carbons (Fsp3) is 0.0364. The number of fused-ring (bicyclic) bond motifs is 7. The van der Waals surface area contributed by atoms with Gasteiger partial charge in [-0.3, -0.25) is 4.98 Å². The molecule has 58 heavy (non-hydrogen) atoms. The third-order valence-electron chi connectivity index (χ3n) is 12.3. The number of anilines is 6. The Morgan fingerprint density at radius 3 is 1.34 bits per heavy atom. The first-order chi connectivity index (χ1) is 28.8. The van der Waals surface area contributed by atoms with Crippen LogP contribution in [0.1, 0.15) is 22.3 Å². The standard InChI is InChI=1S/C55H37N3/c1-2-14-37-31-42(25-24-36(37)13-1)54-45-28-26-44(58-52-22-9-5-17-40(52)33-41-18-6-10-23-53(41)58)35-48(45)55(49-19-11-12-30-56-49)46-29-27-43(34-47(46)54)57-50-20-7-3-15-38(50)32-39-16-4-8-21-51(39)57/h1-31,34-35H,32-33H2. The van der Waals surface area contributed by atoms with Gasteiger partial charge in [0.15, 0.2) is 0 Å². The van der Waals surface area contributed by atoms with E-state index < -0.39 is 0 Å². The minimum atomic E-state index is 0.917. The zero-order valence-corrected chi connectivity index (χ0v) is 31.8. The van der Waals surface area contributed by atoms with Gasteiger partial charge in [0.1, 0.15) is 0 Å². The number of hydrogen-bond acceptors (Lipinski definition) is 3. The van der Waals surface area contributed by atoms with Crippen LogP contribution in [0.4, 0.5) is 34.1 Å². The van der Waals surface area contributed by atoms with Crippen LogP contribution in [0.15, 0.2) is 200 Å². The Bertz CT molecular complexity index is 3170. The summed E-state index contributed by atoms with van der Waals surface area (Å²) >= 11 is 0. The normalized spacial score (nSPS) is 13.0. The van der Waals surface area contributed by atoms with E-state index in [4.69, 9.17) is 4.98 Å². The molecule has 1 aromatic heterocycles. The number of rotatable bonds is 4. The molecule has 2 aliphatic rings. The summed E-state index contributed by atoms with van der Waals surface area (Å²) in [6, 6.07) is 71.4. The molecule has 3 nitrogen and oxygen atoms in total. The number of para-hydroxylation sites is 4. The van der Waals surface area contributed by atoms with E-state index >= 15 is 0 Å². The molecule has 0 saturated heterocycles. The van der Waals surface area contributed by atoms with Crippen molar-refractivity contribution in [3.05, 3.63) is 223 Å². The Kier molecular flexibility index (Phi) is 7.36. The number of hydrogen-bond donors (Lipinski definition) is 0. The predicted molar refractivity (Wildman–Crippen MR) is 243 cm³/mol. The fourth-order valence-corrected chi connectivity index (χ4v) is 9.66. The Balaban J connectivity index is 1.18. The van der Waals surface area contributed by atoms with Gasteiger partial charge in [0.05, 0.1) is 5.69 Å². The molecule has 9 aromatic carbocycles. The predicted octanol–water partition coefficient (Wildman–Crippen LogP) is 14.6. The minimum Gasteiger partial charge on any atom is -0.310 e. The van der Waals surface area contributed by atoms with E-state index in [0.717, 1.165) is 35.5 Å². The summed E-state index contributed by atoms with van der Waals surface area (Å²) in [5, 5.41) is 7.20. The van der Waals surface area contributed by atoms with Gasteiger partial charge in [0.2, 0.25) is 0 Å². The topological polar surface area (TPSA) is 19.4 Å². The molecule has 272 valence electrons. The van der Waals surface area contributed by atoms with Crippen LogP contribution in [-0.4, -0.2) is 4.98 Å². The first-order valence-electron chi connectivity index (χ1n) is 20.1. The highest BCUT2D eigenvalue weighted by atomic mass is 15.2. The maximum absolute atomic E-state index is 5.05. The fourth-order valence-electron chi connectivity index (χ4n) is 9.66. The molecule has 0 unspecified atom stereocenters. The van der Waals surface area contributed by atoms with Crippen molar-refractivity contribution >= 4 is 66.4 Å². The molecule has 0 amide bonds. The first kappa shape index (κ1) is 32.7. The number of aromatic nitrogens is 1. The minimum absolute atomic E-state index is 0.917. The maximum Gasteiger partial charge on any atom is 0.0714 e. The van der Waals surface area contributed by atoms with Crippen molar-refractivity contribution < 1.29 is 0 Å². The molecule has 0 spiro atoms. The smallest absolute Gasteiger partial charge is 0.0714 e. The SMILES string of the molecule is c1ccc(-c2c3ccc(N4c5ccccc5Cc5ccccc54)cc3c(-c3ccc4ccccc4c3)c3ccc(N4c5ccccc5Cc5ccccc54)cc23)nc1.